The van der Waals surface area contributed by atoms with Gasteiger partial charge in [0.05, 0.1) is 13.3 Å². The number of nitrogens with zero attached hydrogens (tertiary/aromatic N) is 4. The van der Waals surface area contributed by atoms with Crippen molar-refractivity contribution in [2.75, 3.05) is 0 Å². The molecule has 0 atom stereocenters. The fourth-order valence-electron chi connectivity index (χ4n) is 1.11. The van der Waals surface area contributed by atoms with E-state index in [1.165, 1.54) is 0 Å². The summed E-state index contributed by atoms with van der Waals surface area (Å²) < 4.78 is 4.41. The van der Waals surface area contributed by atoms with Crippen LogP contribution in [0.2, 0.25) is 0 Å². The number of hydrogen-bond acceptors (Lipinski definition) is 2. The van der Waals surface area contributed by atoms with Gasteiger partial charge in [-0.2, -0.15) is 0 Å². The molecule has 0 aliphatic rings. The van der Waals surface area contributed by atoms with Gasteiger partial charge in [0.15, 0.2) is 0 Å². The lowest BCUT2D eigenvalue weighted by atomic mass is 10.2. The summed E-state index contributed by atoms with van der Waals surface area (Å²) in [4.78, 5) is 0. The van der Waals surface area contributed by atoms with Crippen molar-refractivity contribution in [2.24, 2.45) is 12.1 Å². The molecule has 0 aliphatic carbocycles. The number of halogens is 1. The maximum absolute atomic E-state index is 4.22. The zero-order valence-electron chi connectivity index (χ0n) is 8.21. The zero-order valence-corrected chi connectivity index (χ0v) is 9.79. The fourth-order valence-corrected chi connectivity index (χ4v) is 1.37. The lowest BCUT2D eigenvalue weighted by Crippen LogP contribution is -2.24. The van der Waals surface area contributed by atoms with Gasteiger partial charge in [0.1, 0.15) is 0 Å². The molecule has 2 aromatic rings. The van der Waals surface area contributed by atoms with Crippen molar-refractivity contribution >= 4 is 22.1 Å². The minimum absolute atomic E-state index is 1.05. The van der Waals surface area contributed by atoms with Crippen LogP contribution in [0.3, 0.4) is 0 Å². The molecule has 0 saturated carbocycles. The second-order valence-electron chi connectivity index (χ2n) is 3.10. The van der Waals surface area contributed by atoms with E-state index in [2.05, 4.69) is 26.1 Å². The minimum atomic E-state index is 1.05. The normalized spacial score (nSPS) is 11.1. The van der Waals surface area contributed by atoms with Crippen LogP contribution in [0.1, 0.15) is 5.56 Å². The van der Waals surface area contributed by atoms with Crippen LogP contribution in [-0.2, 0) is 7.05 Å². The van der Waals surface area contributed by atoms with Crippen LogP contribution in [-0.4, -0.2) is 16.0 Å². The highest BCUT2D eigenvalue weighted by Crippen LogP contribution is 2.08. The predicted octanol–water partition coefficient (Wildman–Crippen LogP) is 1.35. The lowest BCUT2D eigenvalue weighted by Gasteiger charge is -1.91. The Morgan fingerprint density at radius 2 is 2.13 bits per heavy atom. The van der Waals surface area contributed by atoms with E-state index in [4.69, 9.17) is 0 Å². The monoisotopic (exact) mass is 265 g/mol. The van der Waals surface area contributed by atoms with Gasteiger partial charge in [-0.25, -0.2) is 0 Å². The van der Waals surface area contributed by atoms with E-state index in [0.29, 0.717) is 0 Å². The summed E-state index contributed by atoms with van der Waals surface area (Å²) in [7, 11) is 1.85. The molecule has 1 aromatic heterocycles. The molecule has 0 amide bonds. The predicted molar refractivity (Wildman–Crippen MR) is 60.5 cm³/mol. The van der Waals surface area contributed by atoms with Crippen LogP contribution in [0.25, 0.3) is 0 Å². The minimum Gasteiger partial charge on any atom is -0.116 e. The van der Waals surface area contributed by atoms with Crippen LogP contribution >= 0.6 is 15.9 Å². The molecule has 0 N–H and O–H groups in total. The quantitative estimate of drug-likeness (QED) is 0.596. The molecular formula is C10H10BrN4+. The first-order chi connectivity index (χ1) is 7.24. The third kappa shape index (κ3) is 2.73. The second kappa shape index (κ2) is 4.35. The molecule has 1 aromatic carbocycles. The number of aromatic nitrogens is 3. The molecule has 0 bridgehead atoms. The van der Waals surface area contributed by atoms with Gasteiger partial charge in [0.25, 0.3) is 6.33 Å². The van der Waals surface area contributed by atoms with E-state index in [1.54, 1.807) is 28.2 Å². The Bertz CT molecular complexity index is 472. The van der Waals surface area contributed by atoms with Gasteiger partial charge in [-0.15, -0.1) is 14.5 Å². The Balaban J connectivity index is 2.14. The van der Waals surface area contributed by atoms with E-state index >= 15 is 0 Å². The number of rotatable bonds is 2. The van der Waals surface area contributed by atoms with E-state index < -0.39 is 0 Å². The van der Waals surface area contributed by atoms with Gasteiger partial charge in [-0.1, -0.05) is 28.1 Å². The van der Waals surface area contributed by atoms with Crippen molar-refractivity contribution in [1.82, 2.24) is 9.78 Å². The van der Waals surface area contributed by atoms with Gasteiger partial charge < -0.3 is 0 Å². The molecule has 2 rings (SSSR count). The molecule has 15 heavy (non-hydrogen) atoms. The smallest absolute Gasteiger partial charge is 0.116 e. The van der Waals surface area contributed by atoms with E-state index in [-0.39, 0.29) is 0 Å². The van der Waals surface area contributed by atoms with Crippen LogP contribution in [0, 0.1) is 0 Å². The molecule has 5 heteroatoms. The Hall–Kier alpha value is -1.49. The molecule has 0 fully saturated rings. The van der Waals surface area contributed by atoms with Crippen molar-refractivity contribution in [1.29, 1.82) is 0 Å². The van der Waals surface area contributed by atoms with Crippen LogP contribution < -0.4 is 4.68 Å². The molecule has 4 nitrogen and oxygen atoms in total. The van der Waals surface area contributed by atoms with Crippen LogP contribution in [0.4, 0.5) is 0 Å². The standard InChI is InChI=1S/C10H10BrN4/c1-14-8-15(7-13-14)12-6-9-2-4-10(11)5-3-9/h2-8H,1H3/q+1. The maximum atomic E-state index is 4.22. The van der Waals surface area contributed by atoms with Crippen molar-refractivity contribution in [3.8, 4) is 0 Å². The van der Waals surface area contributed by atoms with Gasteiger partial charge >= 0.3 is 0 Å². The van der Waals surface area contributed by atoms with Gasteiger partial charge in [0.2, 0.25) is 6.33 Å². The van der Waals surface area contributed by atoms with Crippen molar-refractivity contribution < 1.29 is 4.68 Å². The van der Waals surface area contributed by atoms with E-state index in [9.17, 15) is 0 Å². The largest absolute Gasteiger partial charge is 0.288 e. The lowest BCUT2D eigenvalue weighted by molar-refractivity contribution is -0.679. The summed E-state index contributed by atoms with van der Waals surface area (Å²) in [5, 5.41) is 8.22. The van der Waals surface area contributed by atoms with Gasteiger partial charge in [-0.05, 0) is 17.7 Å². The highest BCUT2D eigenvalue weighted by atomic mass is 79.9. The van der Waals surface area contributed by atoms with Crippen LogP contribution in [0.15, 0.2) is 46.5 Å². The van der Waals surface area contributed by atoms with Crippen molar-refractivity contribution in [2.45, 2.75) is 0 Å². The SMILES string of the molecule is Cn1c[n+](N=Cc2ccc(Br)cc2)cn1. The molecular weight excluding hydrogens is 256 g/mol. The molecule has 0 aliphatic heterocycles. The summed E-state index contributed by atoms with van der Waals surface area (Å²) in [5.74, 6) is 0. The number of hydrogen-bond donors (Lipinski definition) is 0. The second-order valence-corrected chi connectivity index (χ2v) is 4.01. The van der Waals surface area contributed by atoms with Gasteiger partial charge in [0, 0.05) is 9.57 Å². The van der Waals surface area contributed by atoms with Crippen molar-refractivity contribution in [3.05, 3.63) is 47.0 Å². The summed E-state index contributed by atoms with van der Waals surface area (Å²) in [6, 6.07) is 7.94. The van der Waals surface area contributed by atoms with Crippen molar-refractivity contribution in [3.63, 3.8) is 0 Å². The molecule has 0 spiro atoms. The van der Waals surface area contributed by atoms with E-state index in [0.717, 1.165) is 10.0 Å². The first kappa shape index (κ1) is 10.0. The summed E-state index contributed by atoms with van der Waals surface area (Å²) >= 11 is 3.38. The Labute approximate surface area is 96.0 Å². The summed E-state index contributed by atoms with van der Waals surface area (Å²) in [6.45, 7) is 0. The topological polar surface area (TPSA) is 34.1 Å². The first-order valence-corrected chi connectivity index (χ1v) is 5.23. The number of benzene rings is 1. The Morgan fingerprint density at radius 1 is 1.40 bits per heavy atom. The molecule has 1 heterocycles. The maximum Gasteiger partial charge on any atom is 0.288 e. The van der Waals surface area contributed by atoms with Gasteiger partial charge in [-0.3, -0.25) is 0 Å². The highest BCUT2D eigenvalue weighted by molar-refractivity contribution is 9.10. The summed E-state index contributed by atoms with van der Waals surface area (Å²) in [6.07, 6.45) is 5.22. The summed E-state index contributed by atoms with van der Waals surface area (Å²) in [5.41, 5.74) is 1.05. The first-order valence-electron chi connectivity index (χ1n) is 4.44. The third-order valence-electron chi connectivity index (χ3n) is 1.85. The average molecular weight is 266 g/mol. The highest BCUT2D eigenvalue weighted by Gasteiger charge is 1.97. The zero-order chi connectivity index (χ0) is 10.7. The Morgan fingerprint density at radius 3 is 2.73 bits per heavy atom. The molecule has 0 saturated heterocycles. The average Bonchev–Trinajstić information content (AvgIpc) is 2.64. The molecule has 0 radical (unpaired) electrons. The number of aryl methyl sites for hydroxylation is 1. The van der Waals surface area contributed by atoms with Crippen LogP contribution in [0.5, 0.6) is 0 Å². The van der Waals surface area contributed by atoms with E-state index in [1.807, 2.05) is 31.3 Å². The Kier molecular flexibility index (Phi) is 2.91. The fraction of sp³-hybridized carbons (Fsp3) is 0.100. The molecule has 0 unspecified atom stereocenters. The third-order valence-corrected chi connectivity index (χ3v) is 2.38. The molecule has 76 valence electrons.